The molecule has 17 heavy (non-hydrogen) atoms. The Labute approximate surface area is 105 Å². The van der Waals surface area contributed by atoms with E-state index in [0.29, 0.717) is 5.13 Å². The van der Waals surface area contributed by atoms with Crippen molar-refractivity contribution in [3.05, 3.63) is 22.3 Å². The van der Waals surface area contributed by atoms with Crippen LogP contribution in [0.3, 0.4) is 0 Å². The van der Waals surface area contributed by atoms with Gasteiger partial charge < -0.3 is 5.32 Å². The summed E-state index contributed by atoms with van der Waals surface area (Å²) in [4.78, 5) is 17.0. The Hall–Kier alpha value is -1.36. The number of thiazole rings is 1. The van der Waals surface area contributed by atoms with Crippen molar-refractivity contribution >= 4 is 22.5 Å². The first kappa shape index (κ1) is 12.1. The SMILES string of the molecule is Cc1nc(NC(=O)NC=C2CCCC2)sc1C. The Balaban J connectivity index is 1.86. The van der Waals surface area contributed by atoms with Crippen LogP contribution in [0.5, 0.6) is 0 Å². The summed E-state index contributed by atoms with van der Waals surface area (Å²) in [5.74, 6) is 0. The van der Waals surface area contributed by atoms with Crippen molar-refractivity contribution in [2.45, 2.75) is 39.5 Å². The summed E-state index contributed by atoms with van der Waals surface area (Å²) in [6.07, 6.45) is 6.52. The van der Waals surface area contributed by atoms with Crippen LogP contribution in [0, 0.1) is 13.8 Å². The van der Waals surface area contributed by atoms with Crippen molar-refractivity contribution in [1.29, 1.82) is 0 Å². The zero-order chi connectivity index (χ0) is 12.3. The minimum absolute atomic E-state index is 0.210. The van der Waals surface area contributed by atoms with Gasteiger partial charge in [-0.25, -0.2) is 9.78 Å². The van der Waals surface area contributed by atoms with Gasteiger partial charge in [0, 0.05) is 11.1 Å². The van der Waals surface area contributed by atoms with Crippen LogP contribution in [0.4, 0.5) is 9.93 Å². The number of rotatable bonds is 2. The Morgan fingerprint density at radius 3 is 2.65 bits per heavy atom. The molecule has 0 aromatic carbocycles. The lowest BCUT2D eigenvalue weighted by Gasteiger charge is -2.01. The third kappa shape index (κ3) is 3.30. The van der Waals surface area contributed by atoms with Crippen molar-refractivity contribution in [2.75, 3.05) is 5.32 Å². The molecule has 0 bridgehead atoms. The molecule has 1 aliphatic carbocycles. The highest BCUT2D eigenvalue weighted by Gasteiger charge is 2.08. The molecule has 5 heteroatoms. The fourth-order valence-electron chi connectivity index (χ4n) is 1.80. The minimum Gasteiger partial charge on any atom is -0.314 e. The van der Waals surface area contributed by atoms with E-state index in [-0.39, 0.29) is 6.03 Å². The van der Waals surface area contributed by atoms with E-state index in [9.17, 15) is 4.79 Å². The van der Waals surface area contributed by atoms with Crippen LogP contribution in [0.25, 0.3) is 0 Å². The molecule has 2 N–H and O–H groups in total. The number of nitrogens with zero attached hydrogens (tertiary/aromatic N) is 1. The van der Waals surface area contributed by atoms with Crippen molar-refractivity contribution in [1.82, 2.24) is 10.3 Å². The molecule has 1 aromatic heterocycles. The number of carbonyl (C=O) groups is 1. The third-order valence-electron chi connectivity index (χ3n) is 2.90. The average Bonchev–Trinajstić information content (AvgIpc) is 2.87. The lowest BCUT2D eigenvalue weighted by atomic mass is 10.2. The lowest BCUT2D eigenvalue weighted by Crippen LogP contribution is -2.24. The second kappa shape index (κ2) is 5.31. The van der Waals surface area contributed by atoms with Gasteiger partial charge in [0.05, 0.1) is 5.69 Å². The number of urea groups is 1. The Kier molecular flexibility index (Phi) is 3.78. The van der Waals surface area contributed by atoms with Crippen molar-refractivity contribution in [3.8, 4) is 0 Å². The van der Waals surface area contributed by atoms with Crippen molar-refractivity contribution < 1.29 is 4.79 Å². The second-order valence-corrected chi connectivity index (χ2v) is 5.47. The zero-order valence-corrected chi connectivity index (χ0v) is 11.0. The molecule has 4 nitrogen and oxygen atoms in total. The lowest BCUT2D eigenvalue weighted by molar-refractivity contribution is 0.255. The largest absolute Gasteiger partial charge is 0.325 e. The van der Waals surface area contributed by atoms with Gasteiger partial charge in [-0.2, -0.15) is 0 Å². The second-order valence-electron chi connectivity index (χ2n) is 4.27. The van der Waals surface area contributed by atoms with Crippen LogP contribution in [0.1, 0.15) is 36.3 Å². The minimum atomic E-state index is -0.210. The molecule has 0 atom stereocenters. The molecule has 1 fully saturated rings. The predicted octanol–water partition coefficient (Wildman–Crippen LogP) is 3.34. The van der Waals surface area contributed by atoms with E-state index < -0.39 is 0 Å². The van der Waals surface area contributed by atoms with E-state index in [2.05, 4.69) is 15.6 Å². The molecule has 0 saturated heterocycles. The number of allylic oxidation sites excluding steroid dienone is 1. The quantitative estimate of drug-likeness (QED) is 0.847. The molecule has 1 aromatic rings. The van der Waals surface area contributed by atoms with E-state index in [1.807, 2.05) is 20.0 Å². The van der Waals surface area contributed by atoms with Crippen molar-refractivity contribution in [2.24, 2.45) is 0 Å². The number of nitrogens with one attached hydrogen (secondary N) is 2. The molecule has 0 radical (unpaired) electrons. The zero-order valence-electron chi connectivity index (χ0n) is 10.2. The maximum atomic E-state index is 11.6. The van der Waals surface area contributed by atoms with Crippen LogP contribution in [0.15, 0.2) is 11.8 Å². The normalized spacial score (nSPS) is 14.8. The van der Waals surface area contributed by atoms with Crippen LogP contribution in [0.2, 0.25) is 0 Å². The standard InChI is InChI=1S/C12H17N3OS/c1-8-9(2)17-12(14-8)15-11(16)13-7-10-5-3-4-6-10/h7H,3-6H2,1-2H3,(H2,13,14,15,16). The van der Waals surface area contributed by atoms with E-state index in [1.54, 1.807) is 0 Å². The van der Waals surface area contributed by atoms with Gasteiger partial charge >= 0.3 is 6.03 Å². The Morgan fingerprint density at radius 1 is 1.35 bits per heavy atom. The summed E-state index contributed by atoms with van der Waals surface area (Å²) in [6, 6.07) is -0.210. The Bertz CT molecular complexity index is 423. The first-order valence-corrected chi connectivity index (χ1v) is 6.66. The van der Waals surface area contributed by atoms with Crippen LogP contribution >= 0.6 is 11.3 Å². The molecule has 0 spiro atoms. The summed E-state index contributed by atoms with van der Waals surface area (Å²) in [7, 11) is 0. The molecule has 0 aliphatic heterocycles. The van der Waals surface area contributed by atoms with Gasteiger partial charge in [-0.05, 0) is 39.5 Å². The van der Waals surface area contributed by atoms with Gasteiger partial charge in [-0.1, -0.05) is 5.57 Å². The summed E-state index contributed by atoms with van der Waals surface area (Å²) in [6.45, 7) is 3.94. The van der Waals surface area contributed by atoms with E-state index >= 15 is 0 Å². The number of hydrogen-bond acceptors (Lipinski definition) is 3. The molecular weight excluding hydrogens is 234 g/mol. The molecule has 2 rings (SSSR count). The fourth-order valence-corrected chi connectivity index (χ4v) is 2.61. The smallest absolute Gasteiger partial charge is 0.314 e. The highest BCUT2D eigenvalue weighted by atomic mass is 32.1. The van der Waals surface area contributed by atoms with E-state index in [4.69, 9.17) is 0 Å². The average molecular weight is 251 g/mol. The molecule has 0 unspecified atom stereocenters. The van der Waals surface area contributed by atoms with Crippen molar-refractivity contribution in [3.63, 3.8) is 0 Å². The molecular formula is C12H17N3OS. The summed E-state index contributed by atoms with van der Waals surface area (Å²) in [5.41, 5.74) is 2.30. The van der Waals surface area contributed by atoms with Crippen LogP contribution < -0.4 is 10.6 Å². The first-order chi connectivity index (χ1) is 8.15. The fraction of sp³-hybridized carbons (Fsp3) is 0.500. The third-order valence-corrected chi connectivity index (χ3v) is 3.89. The molecule has 1 aliphatic rings. The summed E-state index contributed by atoms with van der Waals surface area (Å²) in [5, 5.41) is 6.15. The number of carbonyl (C=O) groups excluding carboxylic acids is 1. The van der Waals surface area contributed by atoms with E-state index in [1.165, 1.54) is 29.8 Å². The van der Waals surface area contributed by atoms with Gasteiger partial charge in [0.1, 0.15) is 0 Å². The maximum absolute atomic E-state index is 11.6. The maximum Gasteiger partial charge on any atom is 0.325 e. The number of amides is 2. The predicted molar refractivity (Wildman–Crippen MR) is 70.3 cm³/mol. The first-order valence-electron chi connectivity index (χ1n) is 5.84. The van der Waals surface area contributed by atoms with Crippen LogP contribution in [-0.2, 0) is 0 Å². The van der Waals surface area contributed by atoms with Gasteiger partial charge in [0.2, 0.25) is 0 Å². The highest BCUT2D eigenvalue weighted by Crippen LogP contribution is 2.23. The highest BCUT2D eigenvalue weighted by molar-refractivity contribution is 7.15. The monoisotopic (exact) mass is 251 g/mol. The van der Waals surface area contributed by atoms with Crippen LogP contribution in [-0.4, -0.2) is 11.0 Å². The molecule has 2 amide bonds. The number of aryl methyl sites for hydroxylation is 2. The number of anilines is 1. The van der Waals surface area contributed by atoms with E-state index in [0.717, 1.165) is 23.4 Å². The molecule has 1 heterocycles. The van der Waals surface area contributed by atoms with Gasteiger partial charge in [-0.3, -0.25) is 5.32 Å². The Morgan fingerprint density at radius 2 is 2.06 bits per heavy atom. The van der Waals surface area contributed by atoms with Gasteiger partial charge in [0.25, 0.3) is 0 Å². The number of aromatic nitrogens is 1. The molecule has 92 valence electrons. The molecule has 1 saturated carbocycles. The summed E-state index contributed by atoms with van der Waals surface area (Å²) < 4.78 is 0. The van der Waals surface area contributed by atoms with Gasteiger partial charge in [-0.15, -0.1) is 11.3 Å². The number of hydrogen-bond donors (Lipinski definition) is 2. The summed E-state index contributed by atoms with van der Waals surface area (Å²) >= 11 is 1.50. The van der Waals surface area contributed by atoms with Gasteiger partial charge in [0.15, 0.2) is 5.13 Å². The topological polar surface area (TPSA) is 54.0 Å².